The molecular formula is C14H23N3O2. The number of hydrogen-bond acceptors (Lipinski definition) is 5. The van der Waals surface area contributed by atoms with E-state index in [1.54, 1.807) is 0 Å². The van der Waals surface area contributed by atoms with Crippen molar-refractivity contribution >= 4 is 0 Å². The molecule has 1 aliphatic carbocycles. The Bertz CT molecular complexity index is 393. The van der Waals surface area contributed by atoms with Crippen LogP contribution in [0.2, 0.25) is 0 Å². The molecule has 1 saturated carbocycles. The molecule has 1 atom stereocenters. The Morgan fingerprint density at radius 1 is 1.26 bits per heavy atom. The minimum Gasteiger partial charge on any atom is -0.378 e. The highest BCUT2D eigenvalue weighted by Crippen LogP contribution is 2.35. The molecule has 0 spiro atoms. The number of aromatic nitrogens is 2. The molecule has 19 heavy (non-hydrogen) atoms. The zero-order valence-electron chi connectivity index (χ0n) is 11.6. The largest absolute Gasteiger partial charge is 0.378 e. The van der Waals surface area contributed by atoms with Crippen LogP contribution in [0.5, 0.6) is 0 Å². The number of hydrogen-bond donors (Lipinski definition) is 1. The van der Waals surface area contributed by atoms with E-state index in [0.29, 0.717) is 18.4 Å². The van der Waals surface area contributed by atoms with Crippen molar-refractivity contribution in [2.75, 3.05) is 19.8 Å². The highest BCUT2D eigenvalue weighted by Gasteiger charge is 2.27. The van der Waals surface area contributed by atoms with Gasteiger partial charge in [-0.15, -0.1) is 0 Å². The van der Waals surface area contributed by atoms with E-state index >= 15 is 0 Å². The van der Waals surface area contributed by atoms with Gasteiger partial charge in [0.2, 0.25) is 5.89 Å². The molecule has 5 heteroatoms. The van der Waals surface area contributed by atoms with Crippen LogP contribution < -0.4 is 5.32 Å². The van der Waals surface area contributed by atoms with Crippen LogP contribution in [0, 0.1) is 5.92 Å². The first kappa shape index (κ1) is 13.1. The minimum atomic E-state index is 0.0713. The number of nitrogens with one attached hydrogen (secondary N) is 1. The summed E-state index contributed by atoms with van der Waals surface area (Å²) in [6, 6.07) is 0.0713. The number of morpholine rings is 1. The Balaban J connectivity index is 1.61. The molecule has 1 unspecified atom stereocenters. The fourth-order valence-electron chi connectivity index (χ4n) is 3.11. The van der Waals surface area contributed by atoms with Crippen molar-refractivity contribution in [1.82, 2.24) is 15.5 Å². The SMILES string of the molecule is CCC1CCC(c2noc(C3COCCN3)n2)CC1. The van der Waals surface area contributed by atoms with Crippen LogP contribution in [0.3, 0.4) is 0 Å². The predicted octanol–water partition coefficient (Wildman–Crippen LogP) is 2.41. The third-order valence-corrected chi connectivity index (χ3v) is 4.47. The fraction of sp³-hybridized carbons (Fsp3) is 0.857. The average molecular weight is 265 g/mol. The van der Waals surface area contributed by atoms with Crippen molar-refractivity contribution in [3.8, 4) is 0 Å². The molecule has 106 valence electrons. The quantitative estimate of drug-likeness (QED) is 0.909. The lowest BCUT2D eigenvalue weighted by Crippen LogP contribution is -2.34. The summed E-state index contributed by atoms with van der Waals surface area (Å²) in [5.74, 6) is 2.98. The van der Waals surface area contributed by atoms with Crippen LogP contribution >= 0.6 is 0 Å². The molecule has 0 aromatic carbocycles. The molecule has 1 saturated heterocycles. The molecule has 2 fully saturated rings. The third-order valence-electron chi connectivity index (χ3n) is 4.47. The topological polar surface area (TPSA) is 60.2 Å². The van der Waals surface area contributed by atoms with Crippen LogP contribution in [-0.4, -0.2) is 29.9 Å². The Labute approximate surface area is 114 Å². The summed E-state index contributed by atoms with van der Waals surface area (Å²) >= 11 is 0. The van der Waals surface area contributed by atoms with Gasteiger partial charge in [0.1, 0.15) is 6.04 Å². The Morgan fingerprint density at radius 2 is 2.11 bits per heavy atom. The van der Waals surface area contributed by atoms with E-state index in [1.807, 2.05) is 0 Å². The normalized spacial score (nSPS) is 32.4. The van der Waals surface area contributed by atoms with Crippen LogP contribution in [0.15, 0.2) is 4.52 Å². The molecule has 2 heterocycles. The minimum absolute atomic E-state index is 0.0713. The molecule has 3 rings (SSSR count). The second-order valence-corrected chi connectivity index (χ2v) is 5.70. The van der Waals surface area contributed by atoms with Crippen LogP contribution in [0.1, 0.15) is 62.7 Å². The summed E-state index contributed by atoms with van der Waals surface area (Å²) in [6.45, 7) is 4.53. The summed E-state index contributed by atoms with van der Waals surface area (Å²) in [5.41, 5.74) is 0. The molecule has 1 aromatic heterocycles. The highest BCUT2D eigenvalue weighted by molar-refractivity contribution is 5.00. The molecule has 0 radical (unpaired) electrons. The summed E-state index contributed by atoms with van der Waals surface area (Å²) < 4.78 is 10.8. The van der Waals surface area contributed by atoms with Crippen molar-refractivity contribution in [1.29, 1.82) is 0 Å². The molecule has 0 amide bonds. The van der Waals surface area contributed by atoms with E-state index in [0.717, 1.165) is 24.9 Å². The van der Waals surface area contributed by atoms with Gasteiger partial charge in [-0.2, -0.15) is 4.98 Å². The summed E-state index contributed by atoms with van der Waals surface area (Å²) in [4.78, 5) is 4.59. The Hall–Kier alpha value is -0.940. The van der Waals surface area contributed by atoms with Gasteiger partial charge >= 0.3 is 0 Å². The second kappa shape index (κ2) is 6.01. The zero-order valence-corrected chi connectivity index (χ0v) is 11.6. The highest BCUT2D eigenvalue weighted by atomic mass is 16.5. The lowest BCUT2D eigenvalue weighted by molar-refractivity contribution is 0.0659. The van der Waals surface area contributed by atoms with Crippen molar-refractivity contribution in [2.45, 2.75) is 51.0 Å². The number of nitrogens with zero attached hydrogens (tertiary/aromatic N) is 2. The second-order valence-electron chi connectivity index (χ2n) is 5.70. The van der Waals surface area contributed by atoms with Crippen LogP contribution in [0.4, 0.5) is 0 Å². The Morgan fingerprint density at radius 3 is 2.79 bits per heavy atom. The van der Waals surface area contributed by atoms with E-state index in [2.05, 4.69) is 22.4 Å². The zero-order chi connectivity index (χ0) is 13.1. The summed E-state index contributed by atoms with van der Waals surface area (Å²) in [7, 11) is 0. The Kier molecular flexibility index (Phi) is 4.13. The van der Waals surface area contributed by atoms with Gasteiger partial charge in [0.25, 0.3) is 0 Å². The maximum absolute atomic E-state index is 5.43. The molecule has 1 aromatic rings. The molecule has 0 bridgehead atoms. The van der Waals surface area contributed by atoms with Gasteiger partial charge in [0, 0.05) is 12.5 Å². The molecule has 2 aliphatic rings. The fourth-order valence-corrected chi connectivity index (χ4v) is 3.11. The van der Waals surface area contributed by atoms with E-state index in [4.69, 9.17) is 9.26 Å². The summed E-state index contributed by atoms with van der Waals surface area (Å²) in [6.07, 6.45) is 6.30. The number of ether oxygens (including phenoxy) is 1. The van der Waals surface area contributed by atoms with Gasteiger partial charge in [-0.1, -0.05) is 18.5 Å². The molecule has 1 N–H and O–H groups in total. The first-order valence-corrected chi connectivity index (χ1v) is 7.51. The lowest BCUT2D eigenvalue weighted by Gasteiger charge is -2.25. The van der Waals surface area contributed by atoms with Gasteiger partial charge in [0.15, 0.2) is 5.82 Å². The van der Waals surface area contributed by atoms with Crippen LogP contribution in [-0.2, 0) is 4.74 Å². The van der Waals surface area contributed by atoms with Gasteiger partial charge in [-0.3, -0.25) is 0 Å². The predicted molar refractivity (Wildman–Crippen MR) is 70.9 cm³/mol. The van der Waals surface area contributed by atoms with E-state index in [9.17, 15) is 0 Å². The monoisotopic (exact) mass is 265 g/mol. The van der Waals surface area contributed by atoms with Crippen molar-refractivity contribution in [3.05, 3.63) is 11.7 Å². The van der Waals surface area contributed by atoms with Gasteiger partial charge in [0.05, 0.1) is 13.2 Å². The molecule has 5 nitrogen and oxygen atoms in total. The average Bonchev–Trinajstić information content (AvgIpc) is 2.98. The van der Waals surface area contributed by atoms with E-state index in [-0.39, 0.29) is 6.04 Å². The van der Waals surface area contributed by atoms with Crippen LogP contribution in [0.25, 0.3) is 0 Å². The van der Waals surface area contributed by atoms with Crippen molar-refractivity contribution < 1.29 is 9.26 Å². The van der Waals surface area contributed by atoms with Gasteiger partial charge < -0.3 is 14.6 Å². The number of rotatable bonds is 3. The van der Waals surface area contributed by atoms with E-state index < -0.39 is 0 Å². The summed E-state index contributed by atoms with van der Waals surface area (Å²) in [5, 5.41) is 7.53. The smallest absolute Gasteiger partial charge is 0.246 e. The first-order valence-electron chi connectivity index (χ1n) is 7.51. The third kappa shape index (κ3) is 2.98. The maximum atomic E-state index is 5.43. The lowest BCUT2D eigenvalue weighted by atomic mass is 9.80. The van der Waals surface area contributed by atoms with Gasteiger partial charge in [-0.25, -0.2) is 0 Å². The standard InChI is InChI=1S/C14H23N3O2/c1-2-10-3-5-11(6-4-10)13-16-14(19-17-13)12-9-18-8-7-15-12/h10-12,15H,2-9H2,1H3. The first-order chi connectivity index (χ1) is 9.36. The molecular weight excluding hydrogens is 242 g/mol. The van der Waals surface area contributed by atoms with Crippen molar-refractivity contribution in [2.24, 2.45) is 5.92 Å². The van der Waals surface area contributed by atoms with Crippen molar-refractivity contribution in [3.63, 3.8) is 0 Å². The van der Waals surface area contributed by atoms with E-state index in [1.165, 1.54) is 32.1 Å². The molecule has 1 aliphatic heterocycles. The maximum Gasteiger partial charge on any atom is 0.246 e. The van der Waals surface area contributed by atoms with Gasteiger partial charge in [-0.05, 0) is 31.6 Å².